The van der Waals surface area contributed by atoms with E-state index < -0.39 is 17.4 Å². The Labute approximate surface area is 134 Å². The predicted octanol–water partition coefficient (Wildman–Crippen LogP) is 1.34. The van der Waals surface area contributed by atoms with E-state index in [-0.39, 0.29) is 18.2 Å². The fraction of sp³-hybridized carbons (Fsp3) is 0.471. The quantitative estimate of drug-likeness (QED) is 0.858. The Balaban J connectivity index is 1.72. The molecule has 0 spiro atoms. The summed E-state index contributed by atoms with van der Waals surface area (Å²) in [6.07, 6.45) is 1.84. The van der Waals surface area contributed by atoms with Crippen LogP contribution in [0.4, 0.5) is 5.69 Å². The molecule has 6 nitrogen and oxygen atoms in total. The number of aliphatic carboxylic acids is 1. The monoisotopic (exact) mass is 316 g/mol. The van der Waals surface area contributed by atoms with E-state index in [9.17, 15) is 14.4 Å². The molecule has 6 heteroatoms. The van der Waals surface area contributed by atoms with Crippen LogP contribution in [0.1, 0.15) is 31.7 Å². The van der Waals surface area contributed by atoms with Crippen molar-refractivity contribution in [3.63, 3.8) is 0 Å². The second-order valence-corrected chi connectivity index (χ2v) is 6.26. The highest BCUT2D eigenvalue weighted by Gasteiger charge is 2.52. The molecule has 1 saturated heterocycles. The summed E-state index contributed by atoms with van der Waals surface area (Å²) < 4.78 is 0. The van der Waals surface area contributed by atoms with Crippen LogP contribution < -0.4 is 10.2 Å². The molecule has 1 atom stereocenters. The third-order valence-electron chi connectivity index (χ3n) is 4.68. The zero-order valence-electron chi connectivity index (χ0n) is 13.0. The van der Waals surface area contributed by atoms with Gasteiger partial charge in [0.15, 0.2) is 0 Å². The van der Waals surface area contributed by atoms with Gasteiger partial charge in [-0.1, -0.05) is 25.1 Å². The third kappa shape index (κ3) is 2.81. The number of nitrogens with zero attached hydrogens (tertiary/aromatic N) is 1. The normalized spacial score (nSPS) is 22.0. The Morgan fingerprint density at radius 1 is 1.35 bits per heavy atom. The number of hydrogen-bond acceptors (Lipinski definition) is 3. The van der Waals surface area contributed by atoms with E-state index in [0.29, 0.717) is 19.4 Å². The number of carbonyl (C=O) groups excluding carboxylic acids is 2. The van der Waals surface area contributed by atoms with Crippen molar-refractivity contribution in [1.29, 1.82) is 0 Å². The Bertz CT molecular complexity index is 666. The number of carboxylic acid groups (broad SMARTS) is 1. The first-order chi connectivity index (χ1) is 11.0. The highest BCUT2D eigenvalue weighted by Crippen LogP contribution is 2.36. The molecule has 1 aromatic carbocycles. The van der Waals surface area contributed by atoms with Crippen molar-refractivity contribution in [2.45, 2.75) is 38.1 Å². The summed E-state index contributed by atoms with van der Waals surface area (Å²) in [5, 5.41) is 11.8. The number of amides is 2. The summed E-state index contributed by atoms with van der Waals surface area (Å²) >= 11 is 0. The molecule has 1 saturated carbocycles. The zero-order chi connectivity index (χ0) is 16.6. The van der Waals surface area contributed by atoms with Gasteiger partial charge < -0.3 is 15.3 Å². The number of aryl methyl sites for hydroxylation is 1. The Hall–Kier alpha value is -2.37. The first-order valence-electron chi connectivity index (χ1n) is 7.90. The van der Waals surface area contributed by atoms with Crippen molar-refractivity contribution in [3.8, 4) is 0 Å². The number of carboxylic acids is 1. The summed E-state index contributed by atoms with van der Waals surface area (Å²) in [5.74, 6) is -1.92. The van der Waals surface area contributed by atoms with E-state index in [1.165, 1.54) is 0 Å². The topological polar surface area (TPSA) is 86.7 Å². The fourth-order valence-electron chi connectivity index (χ4n) is 3.04. The molecule has 1 heterocycles. The van der Waals surface area contributed by atoms with Gasteiger partial charge in [0, 0.05) is 18.7 Å². The Morgan fingerprint density at radius 2 is 2.04 bits per heavy atom. The zero-order valence-corrected chi connectivity index (χ0v) is 13.0. The Morgan fingerprint density at radius 3 is 2.65 bits per heavy atom. The van der Waals surface area contributed by atoms with Gasteiger partial charge in [0.1, 0.15) is 5.54 Å². The number of hydrogen-bond donors (Lipinski definition) is 2. The molecule has 23 heavy (non-hydrogen) atoms. The molecule has 0 unspecified atom stereocenters. The summed E-state index contributed by atoms with van der Waals surface area (Å²) in [5.41, 5.74) is 0.801. The Kier molecular flexibility index (Phi) is 3.83. The molecule has 1 aliphatic heterocycles. The summed E-state index contributed by atoms with van der Waals surface area (Å²) in [6, 6.07) is 7.66. The number of benzene rings is 1. The van der Waals surface area contributed by atoms with Crippen LogP contribution in [0.2, 0.25) is 0 Å². The molecular weight excluding hydrogens is 296 g/mol. The lowest BCUT2D eigenvalue weighted by molar-refractivity contribution is -0.143. The molecule has 2 aliphatic rings. The van der Waals surface area contributed by atoms with Crippen LogP contribution in [-0.4, -0.2) is 35.0 Å². The van der Waals surface area contributed by atoms with E-state index in [2.05, 4.69) is 5.32 Å². The maximum Gasteiger partial charge on any atom is 0.329 e. The van der Waals surface area contributed by atoms with E-state index >= 15 is 0 Å². The van der Waals surface area contributed by atoms with Crippen LogP contribution in [0, 0.1) is 5.92 Å². The third-order valence-corrected chi connectivity index (χ3v) is 4.68. The van der Waals surface area contributed by atoms with E-state index in [1.54, 1.807) is 4.90 Å². The number of carbonyl (C=O) groups is 3. The molecule has 1 aliphatic carbocycles. The van der Waals surface area contributed by atoms with Gasteiger partial charge in [-0.3, -0.25) is 9.59 Å². The molecule has 3 rings (SSSR count). The van der Waals surface area contributed by atoms with Crippen molar-refractivity contribution in [2.75, 3.05) is 11.4 Å². The van der Waals surface area contributed by atoms with Crippen LogP contribution in [0.15, 0.2) is 24.3 Å². The minimum Gasteiger partial charge on any atom is -0.480 e. The van der Waals surface area contributed by atoms with Gasteiger partial charge >= 0.3 is 5.97 Å². The van der Waals surface area contributed by atoms with Crippen LogP contribution >= 0.6 is 0 Å². The first kappa shape index (κ1) is 15.5. The summed E-state index contributed by atoms with van der Waals surface area (Å²) in [6.45, 7) is 2.32. The van der Waals surface area contributed by atoms with Gasteiger partial charge in [-0.25, -0.2) is 4.79 Å². The van der Waals surface area contributed by atoms with Gasteiger partial charge in [0.05, 0.1) is 5.92 Å². The molecule has 1 aromatic rings. The van der Waals surface area contributed by atoms with Gasteiger partial charge in [0.2, 0.25) is 11.8 Å². The SMILES string of the molecule is CCc1ccccc1N1C[C@H](C(=O)NC2(C(=O)O)CC2)CC1=O. The highest BCUT2D eigenvalue weighted by molar-refractivity contribution is 6.01. The molecule has 2 N–H and O–H groups in total. The lowest BCUT2D eigenvalue weighted by atomic mass is 10.1. The molecule has 2 fully saturated rings. The number of anilines is 1. The van der Waals surface area contributed by atoms with E-state index in [4.69, 9.17) is 5.11 Å². The number of nitrogens with one attached hydrogen (secondary N) is 1. The second kappa shape index (κ2) is 5.68. The largest absolute Gasteiger partial charge is 0.480 e. The van der Waals surface area contributed by atoms with Crippen molar-refractivity contribution in [1.82, 2.24) is 5.32 Å². The van der Waals surface area contributed by atoms with Gasteiger partial charge in [-0.15, -0.1) is 0 Å². The molecular formula is C17H20N2O4. The van der Waals surface area contributed by atoms with E-state index in [0.717, 1.165) is 17.7 Å². The van der Waals surface area contributed by atoms with Crippen LogP contribution in [0.5, 0.6) is 0 Å². The van der Waals surface area contributed by atoms with Gasteiger partial charge in [-0.2, -0.15) is 0 Å². The summed E-state index contributed by atoms with van der Waals surface area (Å²) in [4.78, 5) is 37.4. The van der Waals surface area contributed by atoms with Gasteiger partial charge in [-0.05, 0) is 30.9 Å². The fourth-order valence-corrected chi connectivity index (χ4v) is 3.04. The van der Waals surface area contributed by atoms with Crippen molar-refractivity contribution in [3.05, 3.63) is 29.8 Å². The second-order valence-electron chi connectivity index (χ2n) is 6.26. The summed E-state index contributed by atoms with van der Waals surface area (Å²) in [7, 11) is 0. The average molecular weight is 316 g/mol. The molecule has 0 aromatic heterocycles. The van der Waals surface area contributed by atoms with Crippen molar-refractivity contribution < 1.29 is 19.5 Å². The van der Waals surface area contributed by atoms with Crippen LogP contribution in [-0.2, 0) is 20.8 Å². The maximum atomic E-state index is 12.3. The minimum atomic E-state index is -1.10. The molecule has 2 amide bonds. The lowest BCUT2D eigenvalue weighted by Gasteiger charge is -2.20. The van der Waals surface area contributed by atoms with Gasteiger partial charge in [0.25, 0.3) is 0 Å². The lowest BCUT2D eigenvalue weighted by Crippen LogP contribution is -2.46. The molecule has 0 bridgehead atoms. The smallest absolute Gasteiger partial charge is 0.329 e. The maximum absolute atomic E-state index is 12.3. The van der Waals surface area contributed by atoms with Crippen LogP contribution in [0.3, 0.4) is 0 Å². The van der Waals surface area contributed by atoms with Crippen molar-refractivity contribution in [2.24, 2.45) is 5.92 Å². The molecule has 122 valence electrons. The van der Waals surface area contributed by atoms with Crippen LogP contribution in [0.25, 0.3) is 0 Å². The average Bonchev–Trinajstić information content (AvgIpc) is 3.22. The number of rotatable bonds is 5. The predicted molar refractivity (Wildman–Crippen MR) is 84.0 cm³/mol. The minimum absolute atomic E-state index is 0.0915. The van der Waals surface area contributed by atoms with E-state index in [1.807, 2.05) is 31.2 Å². The molecule has 0 radical (unpaired) electrons. The number of para-hydroxylation sites is 1. The standard InChI is InChI=1S/C17H20N2O4/c1-2-11-5-3-4-6-13(11)19-10-12(9-14(19)20)15(21)18-17(7-8-17)16(22)23/h3-6,12H,2,7-10H2,1H3,(H,18,21)(H,22,23)/t12-/m1/s1. The van der Waals surface area contributed by atoms with Crippen molar-refractivity contribution >= 4 is 23.5 Å². The highest BCUT2D eigenvalue weighted by atomic mass is 16.4. The first-order valence-corrected chi connectivity index (χ1v) is 7.90.